The van der Waals surface area contributed by atoms with Crippen LogP contribution in [0.1, 0.15) is 5.56 Å². The van der Waals surface area contributed by atoms with Gasteiger partial charge in [0.05, 0.1) is 18.3 Å². The molecular formula is C18H17F2N3O3. The Bertz CT molecular complexity index is 1040. The first-order valence-corrected chi connectivity index (χ1v) is 7.83. The molecule has 0 unspecified atom stereocenters. The maximum atomic E-state index is 14.1. The van der Waals surface area contributed by atoms with Crippen LogP contribution in [0.25, 0.3) is 16.7 Å². The van der Waals surface area contributed by atoms with E-state index in [1.807, 2.05) is 0 Å². The van der Waals surface area contributed by atoms with E-state index in [4.69, 9.17) is 5.73 Å². The van der Waals surface area contributed by atoms with Crippen molar-refractivity contribution in [1.82, 2.24) is 9.13 Å². The highest BCUT2D eigenvalue weighted by Crippen LogP contribution is 2.22. The number of hydrogen-bond donors (Lipinski definition) is 1. The zero-order chi connectivity index (χ0) is 19.0. The molecule has 26 heavy (non-hydrogen) atoms. The molecular weight excluding hydrogens is 344 g/mol. The molecule has 1 aromatic heterocycles. The predicted molar refractivity (Wildman–Crippen MR) is 92.1 cm³/mol. The summed E-state index contributed by atoms with van der Waals surface area (Å²) >= 11 is 0. The van der Waals surface area contributed by atoms with Gasteiger partial charge in [-0.1, -0.05) is 12.1 Å². The third-order valence-electron chi connectivity index (χ3n) is 4.26. The van der Waals surface area contributed by atoms with Crippen LogP contribution >= 0.6 is 0 Å². The highest BCUT2D eigenvalue weighted by Gasteiger charge is 2.19. The minimum absolute atomic E-state index is 0.105. The lowest BCUT2D eigenvalue weighted by atomic mass is 10.1. The number of fused-ring (bicyclic) bond motifs is 1. The number of aryl methyl sites for hydroxylation is 1. The van der Waals surface area contributed by atoms with E-state index in [1.165, 1.54) is 24.8 Å². The van der Waals surface area contributed by atoms with Gasteiger partial charge in [-0.05, 0) is 36.2 Å². The number of methoxy groups -OCH3 is 1. The molecule has 3 aromatic rings. The van der Waals surface area contributed by atoms with E-state index in [9.17, 15) is 18.4 Å². The maximum Gasteiger partial charge on any atom is 0.333 e. The van der Waals surface area contributed by atoms with Crippen LogP contribution in [0.4, 0.5) is 8.78 Å². The fourth-order valence-electron chi connectivity index (χ4n) is 2.90. The van der Waals surface area contributed by atoms with Crippen molar-refractivity contribution < 1.29 is 18.3 Å². The Labute approximate surface area is 147 Å². The first kappa shape index (κ1) is 17.8. The van der Waals surface area contributed by atoms with Gasteiger partial charge in [-0.25, -0.2) is 13.6 Å². The Kier molecular flexibility index (Phi) is 4.60. The first-order chi connectivity index (χ1) is 12.3. The Balaban J connectivity index is 2.03. The summed E-state index contributed by atoms with van der Waals surface area (Å²) < 4.78 is 34.5. The third-order valence-corrected chi connectivity index (χ3v) is 4.26. The molecule has 0 amide bonds. The molecule has 1 heterocycles. The van der Waals surface area contributed by atoms with Gasteiger partial charge in [0.25, 0.3) is 0 Å². The average molecular weight is 361 g/mol. The van der Waals surface area contributed by atoms with Crippen molar-refractivity contribution >= 4 is 17.0 Å². The third kappa shape index (κ3) is 2.88. The summed E-state index contributed by atoms with van der Waals surface area (Å²) in [7, 11) is 2.65. The van der Waals surface area contributed by atoms with Crippen LogP contribution in [-0.2, 0) is 23.0 Å². The quantitative estimate of drug-likeness (QED) is 0.717. The minimum Gasteiger partial charge on any atom is -0.468 e. The van der Waals surface area contributed by atoms with Crippen LogP contribution in [0, 0.1) is 11.6 Å². The number of halogens is 2. The van der Waals surface area contributed by atoms with E-state index in [1.54, 1.807) is 24.3 Å². The topological polar surface area (TPSA) is 79.2 Å². The number of nitrogens with two attached hydrogens (primary N) is 1. The number of ether oxygens (including phenoxy) is 1. The fraction of sp³-hybridized carbons (Fsp3) is 0.222. The second-order valence-electron chi connectivity index (χ2n) is 5.91. The molecule has 2 N–H and O–H groups in total. The number of esters is 1. The van der Waals surface area contributed by atoms with Crippen molar-refractivity contribution in [2.24, 2.45) is 12.8 Å². The number of nitrogens with zero attached hydrogens (tertiary/aromatic N) is 2. The van der Waals surface area contributed by atoms with E-state index in [2.05, 4.69) is 4.74 Å². The number of rotatable bonds is 4. The van der Waals surface area contributed by atoms with Gasteiger partial charge in [-0.2, -0.15) is 0 Å². The zero-order valence-electron chi connectivity index (χ0n) is 14.2. The summed E-state index contributed by atoms with van der Waals surface area (Å²) in [6, 6.07) is 8.28. The standard InChI is InChI=1S/C18H17F2N3O3/c1-22-16-14(8-7-12(19)15(16)20)23(18(22)25)11-5-3-10(4-6-11)9-13(21)17(24)26-2/h3-8,13H,9,21H2,1-2H3/t13-/m0/s1. The molecule has 0 aliphatic rings. The van der Waals surface area contributed by atoms with Crippen LogP contribution in [0.15, 0.2) is 41.2 Å². The van der Waals surface area contributed by atoms with Gasteiger partial charge in [-0.15, -0.1) is 0 Å². The van der Waals surface area contributed by atoms with Gasteiger partial charge in [0, 0.05) is 7.05 Å². The molecule has 0 spiro atoms. The second kappa shape index (κ2) is 6.72. The summed E-state index contributed by atoms with van der Waals surface area (Å²) in [6.45, 7) is 0. The highest BCUT2D eigenvalue weighted by molar-refractivity contribution is 5.79. The highest BCUT2D eigenvalue weighted by atomic mass is 19.2. The summed E-state index contributed by atoms with van der Waals surface area (Å²) in [6.07, 6.45) is 0.275. The van der Waals surface area contributed by atoms with Gasteiger partial charge in [-0.3, -0.25) is 13.9 Å². The molecule has 0 aliphatic carbocycles. The first-order valence-electron chi connectivity index (χ1n) is 7.83. The van der Waals surface area contributed by atoms with Gasteiger partial charge < -0.3 is 10.5 Å². The van der Waals surface area contributed by atoms with Crippen LogP contribution in [0.5, 0.6) is 0 Å². The number of carbonyl (C=O) groups is 1. The van der Waals surface area contributed by atoms with E-state index in [0.29, 0.717) is 5.69 Å². The Morgan fingerprint density at radius 1 is 1.19 bits per heavy atom. The molecule has 1 atom stereocenters. The second-order valence-corrected chi connectivity index (χ2v) is 5.91. The molecule has 0 saturated carbocycles. The molecule has 136 valence electrons. The molecule has 0 fully saturated rings. The van der Waals surface area contributed by atoms with E-state index >= 15 is 0 Å². The SMILES string of the molecule is COC(=O)[C@@H](N)Cc1ccc(-n2c(=O)n(C)c3c(F)c(F)ccc32)cc1. The molecule has 6 nitrogen and oxygen atoms in total. The van der Waals surface area contributed by atoms with E-state index < -0.39 is 29.3 Å². The Morgan fingerprint density at radius 3 is 2.46 bits per heavy atom. The van der Waals surface area contributed by atoms with E-state index in [0.717, 1.165) is 16.2 Å². The number of aromatic nitrogens is 2. The Hall–Kier alpha value is -3.00. The summed E-state index contributed by atoms with van der Waals surface area (Å²) in [4.78, 5) is 23.9. The normalized spacial score (nSPS) is 12.3. The lowest BCUT2D eigenvalue weighted by molar-refractivity contribution is -0.142. The van der Waals surface area contributed by atoms with Gasteiger partial charge in [0.15, 0.2) is 11.6 Å². The summed E-state index contributed by atoms with van der Waals surface area (Å²) in [5.74, 6) is -2.60. The van der Waals surface area contributed by atoms with Crippen LogP contribution in [0.3, 0.4) is 0 Å². The summed E-state index contributed by atoms with van der Waals surface area (Å²) in [5.41, 5.74) is 6.65. The molecule has 3 rings (SSSR count). The van der Waals surface area contributed by atoms with Crippen molar-refractivity contribution in [2.75, 3.05) is 7.11 Å². The zero-order valence-corrected chi connectivity index (χ0v) is 14.2. The molecule has 0 radical (unpaired) electrons. The molecule has 0 bridgehead atoms. The van der Waals surface area contributed by atoms with Gasteiger partial charge in [0.1, 0.15) is 11.6 Å². The summed E-state index contributed by atoms with van der Waals surface area (Å²) in [5, 5.41) is 0. The maximum absolute atomic E-state index is 14.1. The average Bonchev–Trinajstić information content (AvgIpc) is 2.89. The van der Waals surface area contributed by atoms with Crippen molar-refractivity contribution in [3.63, 3.8) is 0 Å². The van der Waals surface area contributed by atoms with Gasteiger partial charge in [0.2, 0.25) is 0 Å². The number of carbonyl (C=O) groups excluding carboxylic acids is 1. The lowest BCUT2D eigenvalue weighted by Crippen LogP contribution is -2.33. The van der Waals surface area contributed by atoms with Crippen molar-refractivity contribution in [2.45, 2.75) is 12.5 Å². The number of benzene rings is 2. The smallest absolute Gasteiger partial charge is 0.333 e. The monoisotopic (exact) mass is 361 g/mol. The van der Waals surface area contributed by atoms with Crippen molar-refractivity contribution in [1.29, 1.82) is 0 Å². The number of hydrogen-bond acceptors (Lipinski definition) is 4. The minimum atomic E-state index is -1.07. The molecule has 0 aliphatic heterocycles. The molecule has 8 heteroatoms. The predicted octanol–water partition coefficient (Wildman–Crippen LogP) is 1.65. The molecule has 2 aromatic carbocycles. The lowest BCUT2D eigenvalue weighted by Gasteiger charge is -2.10. The van der Waals surface area contributed by atoms with Crippen LogP contribution in [0.2, 0.25) is 0 Å². The number of imidazole rings is 1. The Morgan fingerprint density at radius 2 is 1.85 bits per heavy atom. The van der Waals surface area contributed by atoms with E-state index in [-0.39, 0.29) is 17.5 Å². The van der Waals surface area contributed by atoms with Crippen molar-refractivity contribution in [3.05, 3.63) is 64.1 Å². The molecule has 0 saturated heterocycles. The van der Waals surface area contributed by atoms with Crippen LogP contribution < -0.4 is 11.4 Å². The van der Waals surface area contributed by atoms with Crippen molar-refractivity contribution in [3.8, 4) is 5.69 Å². The van der Waals surface area contributed by atoms with Crippen LogP contribution in [-0.4, -0.2) is 28.3 Å². The largest absolute Gasteiger partial charge is 0.468 e. The van der Waals surface area contributed by atoms with Gasteiger partial charge >= 0.3 is 11.7 Å². The fourth-order valence-corrected chi connectivity index (χ4v) is 2.90.